The summed E-state index contributed by atoms with van der Waals surface area (Å²) >= 11 is 0. The van der Waals surface area contributed by atoms with Crippen molar-refractivity contribution in [3.63, 3.8) is 0 Å². The predicted molar refractivity (Wildman–Crippen MR) is 67.2 cm³/mol. The maximum atomic E-state index is 11.7. The fourth-order valence-corrected chi connectivity index (χ4v) is 1.84. The van der Waals surface area contributed by atoms with Gasteiger partial charge in [-0.15, -0.1) is 0 Å². The number of carbonyl (C=O) groups is 2. The normalized spacial score (nSPS) is 13.5. The van der Waals surface area contributed by atoms with Gasteiger partial charge in [-0.05, 0) is 26.2 Å². The fraction of sp³-hybridized carbons (Fsp3) is 0.818. The lowest BCUT2D eigenvalue weighted by molar-refractivity contribution is -0.139. The summed E-state index contributed by atoms with van der Waals surface area (Å²) in [5, 5.41) is 11.5. The van der Waals surface area contributed by atoms with Crippen LogP contribution < -0.4 is 5.32 Å². The van der Waals surface area contributed by atoms with Gasteiger partial charge in [-0.2, -0.15) is 0 Å². The van der Waals surface area contributed by atoms with Crippen molar-refractivity contribution >= 4 is 22.7 Å². The number of aliphatic carboxylic acids is 1. The molecule has 2 N–H and O–H groups in total. The van der Waals surface area contributed by atoms with Crippen molar-refractivity contribution in [3.05, 3.63) is 0 Å². The topological polar surface area (TPSA) is 83.5 Å². The predicted octanol–water partition coefficient (Wildman–Crippen LogP) is 0.761. The summed E-state index contributed by atoms with van der Waals surface area (Å²) in [6.07, 6.45) is 0.848. The molecule has 1 unspecified atom stereocenters. The van der Waals surface area contributed by atoms with E-state index in [1.54, 1.807) is 0 Å². The zero-order chi connectivity index (χ0) is 13.6. The maximum absolute atomic E-state index is 11.7. The van der Waals surface area contributed by atoms with Gasteiger partial charge in [0.05, 0.1) is 0 Å². The molecule has 0 fully saturated rings. The summed E-state index contributed by atoms with van der Waals surface area (Å²) < 4.78 is 10.3. The van der Waals surface area contributed by atoms with Gasteiger partial charge < -0.3 is 10.4 Å². The van der Waals surface area contributed by atoms with E-state index in [4.69, 9.17) is 5.11 Å². The molecule has 0 aromatic carbocycles. The average Bonchev–Trinajstić information content (AvgIpc) is 2.16. The van der Waals surface area contributed by atoms with Crippen LogP contribution in [0.15, 0.2) is 0 Å². The van der Waals surface area contributed by atoms with Crippen molar-refractivity contribution < 1.29 is 18.9 Å². The molecule has 0 heterocycles. The monoisotopic (exact) mass is 263 g/mol. The van der Waals surface area contributed by atoms with Crippen LogP contribution in [0, 0.1) is 5.92 Å². The summed E-state index contributed by atoms with van der Waals surface area (Å²) in [7, 11) is -1.72. The summed E-state index contributed by atoms with van der Waals surface area (Å²) in [5.41, 5.74) is 0. The Morgan fingerprint density at radius 2 is 1.88 bits per heavy atom. The van der Waals surface area contributed by atoms with Gasteiger partial charge in [0, 0.05) is 17.3 Å². The van der Waals surface area contributed by atoms with Gasteiger partial charge in [0.15, 0.2) is 0 Å². The molecule has 0 aliphatic heterocycles. The largest absolute Gasteiger partial charge is 0.480 e. The molecule has 0 saturated carbocycles. The van der Waals surface area contributed by atoms with Crippen LogP contribution in [-0.4, -0.2) is 38.2 Å². The number of hydrogen-bond acceptors (Lipinski definition) is 3. The maximum Gasteiger partial charge on any atom is 0.321 e. The van der Waals surface area contributed by atoms with Gasteiger partial charge in [0.2, 0.25) is 5.91 Å². The number of carboxylic acids is 1. The zero-order valence-electron chi connectivity index (χ0n) is 10.8. The molecule has 0 bridgehead atoms. The second-order valence-electron chi connectivity index (χ2n) is 4.84. The second-order valence-corrected chi connectivity index (χ2v) is 6.84. The number of amides is 1. The molecular weight excluding hydrogens is 242 g/mol. The molecule has 0 aromatic rings. The quantitative estimate of drug-likeness (QED) is 0.710. The molecule has 0 rings (SSSR count). The first-order chi connectivity index (χ1) is 7.67. The van der Waals surface area contributed by atoms with E-state index in [0.717, 1.165) is 6.42 Å². The van der Waals surface area contributed by atoms with Crippen molar-refractivity contribution in [2.24, 2.45) is 5.92 Å². The summed E-state index contributed by atoms with van der Waals surface area (Å²) in [4.78, 5) is 22.2. The molecule has 100 valence electrons. The Morgan fingerprint density at radius 1 is 1.35 bits per heavy atom. The first-order valence-corrected chi connectivity index (χ1v) is 6.88. The highest BCUT2D eigenvalue weighted by Gasteiger charge is 2.35. The molecule has 17 heavy (non-hydrogen) atoms. The average molecular weight is 263 g/mol. The minimum Gasteiger partial charge on any atom is -0.480 e. The summed E-state index contributed by atoms with van der Waals surface area (Å²) in [6, 6.07) is 0. The Bertz CT molecular complexity index is 313. The Hall–Kier alpha value is -0.910. The van der Waals surface area contributed by atoms with E-state index in [-0.39, 0.29) is 11.7 Å². The molecule has 0 aliphatic carbocycles. The van der Waals surface area contributed by atoms with Crippen molar-refractivity contribution in [1.29, 1.82) is 0 Å². The fourth-order valence-electron chi connectivity index (χ4n) is 0.948. The molecular formula is C11H21NO4S. The van der Waals surface area contributed by atoms with Crippen molar-refractivity contribution in [2.75, 3.05) is 12.3 Å². The standard InChI is InChI=1S/C11H21NO4S/c1-8(2)5-6-12-9(13)7-17(16)11(3,4)10(14)15/h8H,5-7H2,1-4H3,(H,12,13)(H,14,15). The van der Waals surface area contributed by atoms with E-state index in [2.05, 4.69) is 5.32 Å². The first kappa shape index (κ1) is 16.1. The lowest BCUT2D eigenvalue weighted by atomic mass is 10.1. The highest BCUT2D eigenvalue weighted by atomic mass is 32.2. The van der Waals surface area contributed by atoms with Crippen molar-refractivity contribution in [3.8, 4) is 0 Å². The second kappa shape index (κ2) is 6.74. The highest BCUT2D eigenvalue weighted by molar-refractivity contribution is 7.87. The third-order valence-corrected chi connectivity index (χ3v) is 4.23. The first-order valence-electron chi connectivity index (χ1n) is 5.56. The lowest BCUT2D eigenvalue weighted by Gasteiger charge is -2.18. The Labute approximate surface area is 104 Å². The van der Waals surface area contributed by atoms with Crippen LogP contribution in [0.5, 0.6) is 0 Å². The van der Waals surface area contributed by atoms with Gasteiger partial charge in [-0.25, -0.2) is 0 Å². The van der Waals surface area contributed by atoms with Gasteiger partial charge in [-0.1, -0.05) is 13.8 Å². The Kier molecular flexibility index (Phi) is 6.37. The molecule has 0 aliphatic rings. The molecule has 1 atom stereocenters. The molecule has 0 spiro atoms. The van der Waals surface area contributed by atoms with E-state index < -0.39 is 21.5 Å². The van der Waals surface area contributed by atoms with Gasteiger partial charge in [0.25, 0.3) is 0 Å². The third kappa shape index (κ3) is 5.81. The van der Waals surface area contributed by atoms with E-state index >= 15 is 0 Å². The van der Waals surface area contributed by atoms with Crippen LogP contribution in [-0.2, 0) is 20.4 Å². The van der Waals surface area contributed by atoms with Crippen LogP contribution in [0.2, 0.25) is 0 Å². The number of rotatable bonds is 7. The highest BCUT2D eigenvalue weighted by Crippen LogP contribution is 2.13. The number of hydrogen-bond donors (Lipinski definition) is 2. The third-order valence-electron chi connectivity index (χ3n) is 2.39. The summed E-state index contributed by atoms with van der Waals surface area (Å²) in [5.74, 6) is -1.31. The number of carboxylic acid groups (broad SMARTS) is 1. The van der Waals surface area contributed by atoms with Gasteiger partial charge >= 0.3 is 5.97 Å². The summed E-state index contributed by atoms with van der Waals surface area (Å²) in [6.45, 7) is 7.32. The lowest BCUT2D eigenvalue weighted by Crippen LogP contribution is -2.41. The molecule has 5 nitrogen and oxygen atoms in total. The SMILES string of the molecule is CC(C)CCNC(=O)CS(=O)C(C)(C)C(=O)O. The minimum atomic E-state index is -1.72. The van der Waals surface area contributed by atoms with Crippen LogP contribution in [0.1, 0.15) is 34.1 Å². The number of nitrogens with one attached hydrogen (secondary N) is 1. The van der Waals surface area contributed by atoms with E-state index in [9.17, 15) is 13.8 Å². The van der Waals surface area contributed by atoms with Crippen LogP contribution >= 0.6 is 0 Å². The minimum absolute atomic E-state index is 0.266. The van der Waals surface area contributed by atoms with E-state index in [1.807, 2.05) is 13.8 Å². The number of carbonyl (C=O) groups excluding carboxylic acids is 1. The van der Waals surface area contributed by atoms with Crippen LogP contribution in [0.25, 0.3) is 0 Å². The van der Waals surface area contributed by atoms with E-state index in [1.165, 1.54) is 13.8 Å². The Balaban J connectivity index is 4.13. The van der Waals surface area contributed by atoms with E-state index in [0.29, 0.717) is 12.5 Å². The van der Waals surface area contributed by atoms with Crippen molar-refractivity contribution in [2.45, 2.75) is 38.9 Å². The zero-order valence-corrected chi connectivity index (χ0v) is 11.6. The molecule has 6 heteroatoms. The molecule has 0 radical (unpaired) electrons. The molecule has 0 saturated heterocycles. The van der Waals surface area contributed by atoms with Crippen LogP contribution in [0.3, 0.4) is 0 Å². The van der Waals surface area contributed by atoms with Crippen LogP contribution in [0.4, 0.5) is 0 Å². The molecule has 0 aromatic heterocycles. The smallest absolute Gasteiger partial charge is 0.321 e. The van der Waals surface area contributed by atoms with Gasteiger partial charge in [0.1, 0.15) is 10.5 Å². The molecule has 1 amide bonds. The van der Waals surface area contributed by atoms with Crippen molar-refractivity contribution in [1.82, 2.24) is 5.32 Å². The van der Waals surface area contributed by atoms with Gasteiger partial charge in [-0.3, -0.25) is 13.8 Å². The Morgan fingerprint density at radius 3 is 2.29 bits per heavy atom.